The molecule has 4 aromatic rings. The van der Waals surface area contributed by atoms with Crippen LogP contribution in [-0.4, -0.2) is 24.1 Å². The number of carbonyl (C=O) groups excluding carboxylic acids is 1. The molecule has 0 saturated heterocycles. The van der Waals surface area contributed by atoms with E-state index in [1.807, 2.05) is 30.3 Å². The number of furan rings is 1. The number of rotatable bonds is 4. The molecule has 0 atom stereocenters. The van der Waals surface area contributed by atoms with Gasteiger partial charge in [0.2, 0.25) is 26.6 Å². The minimum Gasteiger partial charge on any atom is -0.424 e. The fraction of sp³-hybridized carbons (Fsp3) is 0.200. The lowest BCUT2D eigenvalue weighted by Gasteiger charge is -2.18. The third-order valence-corrected chi connectivity index (χ3v) is 8.26. The first-order valence-corrected chi connectivity index (χ1v) is 12.6. The fourth-order valence-corrected chi connectivity index (χ4v) is 5.00. The quantitative estimate of drug-likeness (QED) is 0.315. The molecule has 0 saturated carbocycles. The summed E-state index contributed by atoms with van der Waals surface area (Å²) in [7, 11) is -3.95. The second-order valence-electron chi connectivity index (χ2n) is 8.79. The molecular formula is C25H22Cl2N2O4S. The first-order valence-electron chi connectivity index (χ1n) is 10.4. The van der Waals surface area contributed by atoms with Crippen LogP contribution in [0.15, 0.2) is 64.1 Å². The van der Waals surface area contributed by atoms with E-state index in [0.29, 0.717) is 32.3 Å². The molecule has 1 N–H and O–H groups in total. The molecule has 0 fully saturated rings. The number of aromatic nitrogens is 1. The zero-order valence-electron chi connectivity index (χ0n) is 18.9. The van der Waals surface area contributed by atoms with Crippen LogP contribution in [-0.2, 0) is 14.6 Å². The van der Waals surface area contributed by atoms with Gasteiger partial charge < -0.3 is 9.73 Å². The van der Waals surface area contributed by atoms with Crippen molar-refractivity contribution in [1.29, 1.82) is 0 Å². The standard InChI is InChI=1S/C25H22Cl2N2O4S/c1-14(30)28-22-19-13-18(15-9-11-16(26)12-10-15)21(17-7-5-6-8-20(17)27)29-23(19)33-24(22)34(31,32)25(2,3)4/h5-13H,1-4H3,(H,28,30). The highest BCUT2D eigenvalue weighted by Crippen LogP contribution is 2.43. The van der Waals surface area contributed by atoms with Gasteiger partial charge in [-0.25, -0.2) is 13.4 Å². The van der Waals surface area contributed by atoms with E-state index in [4.69, 9.17) is 27.6 Å². The highest BCUT2D eigenvalue weighted by molar-refractivity contribution is 7.92. The van der Waals surface area contributed by atoms with Gasteiger partial charge >= 0.3 is 0 Å². The van der Waals surface area contributed by atoms with Gasteiger partial charge in [0.15, 0.2) is 0 Å². The van der Waals surface area contributed by atoms with Crippen molar-refractivity contribution >= 4 is 55.7 Å². The van der Waals surface area contributed by atoms with Crippen LogP contribution in [0.5, 0.6) is 0 Å². The third-order valence-electron chi connectivity index (χ3n) is 5.29. The Kier molecular flexibility index (Phi) is 6.23. The molecule has 6 nitrogen and oxygen atoms in total. The summed E-state index contributed by atoms with van der Waals surface area (Å²) in [4.78, 5) is 16.7. The number of hydrogen-bond donors (Lipinski definition) is 1. The molecular weight excluding hydrogens is 495 g/mol. The van der Waals surface area contributed by atoms with Gasteiger partial charge in [0.25, 0.3) is 0 Å². The van der Waals surface area contributed by atoms with Gasteiger partial charge in [0.1, 0.15) is 5.69 Å². The van der Waals surface area contributed by atoms with E-state index in [-0.39, 0.29) is 16.5 Å². The largest absolute Gasteiger partial charge is 0.424 e. The second kappa shape index (κ2) is 8.73. The van der Waals surface area contributed by atoms with Crippen molar-refractivity contribution in [2.45, 2.75) is 37.5 Å². The van der Waals surface area contributed by atoms with Gasteiger partial charge in [-0.1, -0.05) is 53.5 Å². The lowest BCUT2D eigenvalue weighted by atomic mass is 9.98. The molecule has 2 aromatic heterocycles. The summed E-state index contributed by atoms with van der Waals surface area (Å²) in [6.07, 6.45) is 0. The monoisotopic (exact) mass is 516 g/mol. The summed E-state index contributed by atoms with van der Waals surface area (Å²) in [5.41, 5.74) is 2.73. The van der Waals surface area contributed by atoms with Crippen LogP contribution in [0.2, 0.25) is 10.0 Å². The molecule has 0 aliphatic heterocycles. The molecule has 0 aliphatic rings. The number of nitrogens with one attached hydrogen (secondary N) is 1. The molecule has 0 spiro atoms. The van der Waals surface area contributed by atoms with Crippen LogP contribution in [0.3, 0.4) is 0 Å². The van der Waals surface area contributed by atoms with Crippen molar-refractivity contribution < 1.29 is 17.6 Å². The zero-order valence-corrected chi connectivity index (χ0v) is 21.3. The Hall–Kier alpha value is -2.87. The molecule has 176 valence electrons. The predicted octanol–water partition coefficient (Wildman–Crippen LogP) is 7.00. The van der Waals surface area contributed by atoms with Gasteiger partial charge in [0, 0.05) is 28.1 Å². The summed E-state index contributed by atoms with van der Waals surface area (Å²) in [5.74, 6) is -0.434. The number of carbonyl (C=O) groups is 1. The van der Waals surface area contributed by atoms with E-state index in [1.54, 1.807) is 45.0 Å². The Morgan fingerprint density at radius 1 is 1.00 bits per heavy atom. The number of sulfone groups is 1. The molecule has 2 heterocycles. The van der Waals surface area contributed by atoms with Crippen LogP contribution in [0.4, 0.5) is 5.69 Å². The molecule has 0 unspecified atom stereocenters. The smallest absolute Gasteiger partial charge is 0.245 e. The van der Waals surface area contributed by atoms with E-state index in [9.17, 15) is 13.2 Å². The van der Waals surface area contributed by atoms with E-state index >= 15 is 0 Å². The maximum absolute atomic E-state index is 13.3. The number of amides is 1. The predicted molar refractivity (Wildman–Crippen MR) is 136 cm³/mol. The van der Waals surface area contributed by atoms with Crippen LogP contribution in [0, 0.1) is 0 Å². The lowest BCUT2D eigenvalue weighted by molar-refractivity contribution is -0.114. The number of anilines is 1. The zero-order chi connectivity index (χ0) is 24.8. The van der Waals surface area contributed by atoms with E-state index in [2.05, 4.69) is 10.3 Å². The van der Waals surface area contributed by atoms with Gasteiger partial charge in [-0.2, -0.15) is 0 Å². The fourth-order valence-electron chi connectivity index (χ4n) is 3.47. The molecule has 1 amide bonds. The molecule has 34 heavy (non-hydrogen) atoms. The molecule has 0 radical (unpaired) electrons. The average Bonchev–Trinajstić information content (AvgIpc) is 3.10. The van der Waals surface area contributed by atoms with Crippen molar-refractivity contribution in [2.24, 2.45) is 0 Å². The van der Waals surface area contributed by atoms with E-state index in [0.717, 1.165) is 5.56 Å². The number of halogens is 2. The first-order chi connectivity index (χ1) is 15.9. The van der Waals surface area contributed by atoms with Crippen molar-refractivity contribution in [3.8, 4) is 22.4 Å². The molecule has 2 aromatic carbocycles. The minimum absolute atomic E-state index is 0.0610. The van der Waals surface area contributed by atoms with Gasteiger partial charge in [-0.15, -0.1) is 0 Å². The first kappa shape index (κ1) is 24.3. The van der Waals surface area contributed by atoms with E-state index < -0.39 is 20.5 Å². The van der Waals surface area contributed by atoms with Crippen molar-refractivity contribution in [3.63, 3.8) is 0 Å². The second-order valence-corrected chi connectivity index (χ2v) is 12.2. The summed E-state index contributed by atoms with van der Waals surface area (Å²) < 4.78 is 31.3. The van der Waals surface area contributed by atoms with Crippen LogP contribution >= 0.6 is 23.2 Å². The van der Waals surface area contributed by atoms with Crippen LogP contribution in [0.25, 0.3) is 33.5 Å². The highest BCUT2D eigenvalue weighted by Gasteiger charge is 2.38. The average molecular weight is 517 g/mol. The maximum atomic E-state index is 13.3. The minimum atomic E-state index is -3.95. The SMILES string of the molecule is CC(=O)Nc1c(S(=O)(=O)C(C)(C)C)oc2nc(-c3ccccc3Cl)c(-c3ccc(Cl)cc3)cc12. The number of fused-ring (bicyclic) bond motifs is 1. The number of nitrogens with zero attached hydrogens (tertiary/aromatic N) is 1. The number of pyridine rings is 1. The number of benzene rings is 2. The van der Waals surface area contributed by atoms with Crippen molar-refractivity contribution in [3.05, 3.63) is 64.6 Å². The van der Waals surface area contributed by atoms with Crippen LogP contribution < -0.4 is 5.32 Å². The molecule has 0 aliphatic carbocycles. The summed E-state index contributed by atoms with van der Waals surface area (Å²) in [5, 5.41) is 3.70. The number of hydrogen-bond acceptors (Lipinski definition) is 5. The summed E-state index contributed by atoms with van der Waals surface area (Å²) >= 11 is 12.6. The highest BCUT2D eigenvalue weighted by atomic mass is 35.5. The maximum Gasteiger partial charge on any atom is 0.245 e. The normalized spacial score (nSPS) is 12.2. The topological polar surface area (TPSA) is 89.3 Å². The van der Waals surface area contributed by atoms with E-state index in [1.165, 1.54) is 6.92 Å². The van der Waals surface area contributed by atoms with Gasteiger partial charge in [-0.3, -0.25) is 4.79 Å². The molecule has 0 bridgehead atoms. The summed E-state index contributed by atoms with van der Waals surface area (Å²) in [6, 6.07) is 16.1. The van der Waals surface area contributed by atoms with Crippen molar-refractivity contribution in [2.75, 3.05) is 5.32 Å². The van der Waals surface area contributed by atoms with Crippen molar-refractivity contribution in [1.82, 2.24) is 4.98 Å². The lowest BCUT2D eigenvalue weighted by Crippen LogP contribution is -2.28. The van der Waals surface area contributed by atoms with Gasteiger partial charge in [-0.05, 0) is 50.6 Å². The Morgan fingerprint density at radius 3 is 2.24 bits per heavy atom. The Bertz CT molecular complexity index is 1520. The Balaban J connectivity index is 2.12. The molecule has 4 rings (SSSR count). The van der Waals surface area contributed by atoms with Crippen LogP contribution in [0.1, 0.15) is 27.7 Å². The Labute approximate surface area is 207 Å². The van der Waals surface area contributed by atoms with Gasteiger partial charge in [0.05, 0.1) is 15.8 Å². The molecule has 9 heteroatoms. The third kappa shape index (κ3) is 4.31. The Morgan fingerprint density at radius 2 is 1.65 bits per heavy atom. The summed E-state index contributed by atoms with van der Waals surface area (Å²) in [6.45, 7) is 6.00.